The summed E-state index contributed by atoms with van der Waals surface area (Å²) >= 11 is 0. The van der Waals surface area contributed by atoms with Crippen molar-refractivity contribution in [2.24, 2.45) is 0 Å². The number of nitrogens with one attached hydrogen (secondary N) is 1. The largest absolute Gasteiger partial charge is 0.495 e. The summed E-state index contributed by atoms with van der Waals surface area (Å²) in [6, 6.07) is 6.85. The first-order chi connectivity index (χ1) is 17.8. The van der Waals surface area contributed by atoms with Gasteiger partial charge < -0.3 is 14.8 Å². The van der Waals surface area contributed by atoms with Crippen LogP contribution in [-0.2, 0) is 14.8 Å². The van der Waals surface area contributed by atoms with Crippen LogP contribution in [0, 0.1) is 13.8 Å². The van der Waals surface area contributed by atoms with E-state index in [1.807, 2.05) is 19.9 Å². The van der Waals surface area contributed by atoms with Crippen LogP contribution in [0.5, 0.6) is 5.75 Å². The van der Waals surface area contributed by atoms with Crippen molar-refractivity contribution in [1.29, 1.82) is 0 Å². The van der Waals surface area contributed by atoms with E-state index in [1.165, 1.54) is 11.4 Å². The Hall–Kier alpha value is -3.02. The van der Waals surface area contributed by atoms with Gasteiger partial charge in [0.2, 0.25) is 10.0 Å². The van der Waals surface area contributed by atoms with E-state index >= 15 is 0 Å². The molecule has 2 aliphatic rings. The fourth-order valence-electron chi connectivity index (χ4n) is 5.12. The van der Waals surface area contributed by atoms with Gasteiger partial charge in [-0.3, -0.25) is 4.79 Å². The summed E-state index contributed by atoms with van der Waals surface area (Å²) in [5, 5.41) is 7.56. The lowest BCUT2D eigenvalue weighted by Gasteiger charge is -2.26. The first-order valence-corrected chi connectivity index (χ1v) is 14.2. The van der Waals surface area contributed by atoms with Crippen molar-refractivity contribution in [2.75, 3.05) is 33.4 Å². The van der Waals surface area contributed by atoms with E-state index in [4.69, 9.17) is 9.47 Å². The Bertz CT molecular complexity index is 1420. The van der Waals surface area contributed by atoms with Crippen molar-refractivity contribution in [3.63, 3.8) is 0 Å². The average Bonchev–Trinajstić information content (AvgIpc) is 3.56. The molecule has 2 aromatic heterocycles. The number of ether oxygens (including phenoxy) is 2. The predicted octanol–water partition coefficient (Wildman–Crippen LogP) is 3.11. The molecule has 4 heterocycles. The molecule has 37 heavy (non-hydrogen) atoms. The molecule has 0 saturated carbocycles. The minimum atomic E-state index is -3.80. The second-order valence-electron chi connectivity index (χ2n) is 9.67. The highest BCUT2D eigenvalue weighted by Gasteiger charge is 2.31. The number of aromatic nitrogens is 3. The molecule has 0 spiro atoms. The number of carbonyl (C=O) groups excluding carboxylic acids is 1. The maximum atomic E-state index is 13.6. The number of hydrogen-bond donors (Lipinski definition) is 1. The highest BCUT2D eigenvalue weighted by Crippen LogP contribution is 2.36. The maximum absolute atomic E-state index is 13.6. The first kappa shape index (κ1) is 25.6. The number of benzene rings is 1. The van der Waals surface area contributed by atoms with Crippen molar-refractivity contribution in [3.05, 3.63) is 41.3 Å². The number of nitrogens with zero attached hydrogens (tertiary/aromatic N) is 4. The topological polar surface area (TPSA) is 115 Å². The van der Waals surface area contributed by atoms with E-state index in [0.717, 1.165) is 43.5 Å². The fourth-order valence-corrected chi connectivity index (χ4v) is 6.82. The fraction of sp³-hybridized carbons (Fsp3) is 0.500. The van der Waals surface area contributed by atoms with Gasteiger partial charge in [-0.1, -0.05) is 12.5 Å². The summed E-state index contributed by atoms with van der Waals surface area (Å²) in [4.78, 5) is 18.1. The van der Waals surface area contributed by atoms with Gasteiger partial charge in [0.15, 0.2) is 11.3 Å². The Morgan fingerprint density at radius 2 is 1.95 bits per heavy atom. The van der Waals surface area contributed by atoms with Gasteiger partial charge in [-0.25, -0.2) is 17.9 Å². The normalized spacial score (nSPS) is 18.8. The Morgan fingerprint density at radius 3 is 2.65 bits per heavy atom. The van der Waals surface area contributed by atoms with Crippen molar-refractivity contribution in [2.45, 2.75) is 57.0 Å². The van der Waals surface area contributed by atoms with E-state index in [2.05, 4.69) is 15.4 Å². The summed E-state index contributed by atoms with van der Waals surface area (Å²) in [5.41, 5.74) is 3.28. The van der Waals surface area contributed by atoms with Crippen molar-refractivity contribution in [1.82, 2.24) is 24.2 Å². The van der Waals surface area contributed by atoms with Crippen LogP contribution in [0.1, 0.15) is 54.0 Å². The minimum Gasteiger partial charge on any atom is -0.495 e. The summed E-state index contributed by atoms with van der Waals surface area (Å²) in [7, 11) is -2.34. The number of hydrogen-bond acceptors (Lipinski definition) is 7. The van der Waals surface area contributed by atoms with E-state index in [0.29, 0.717) is 43.0 Å². The maximum Gasteiger partial charge on any atom is 0.272 e. The van der Waals surface area contributed by atoms with Gasteiger partial charge >= 0.3 is 0 Å². The third-order valence-corrected chi connectivity index (χ3v) is 8.93. The Balaban J connectivity index is 1.63. The first-order valence-electron chi connectivity index (χ1n) is 12.7. The Morgan fingerprint density at radius 1 is 1.16 bits per heavy atom. The summed E-state index contributed by atoms with van der Waals surface area (Å²) in [6.07, 6.45) is 4.52. The van der Waals surface area contributed by atoms with Crippen LogP contribution >= 0.6 is 0 Å². The molecule has 198 valence electrons. The van der Waals surface area contributed by atoms with Crippen LogP contribution in [0.15, 0.2) is 29.2 Å². The van der Waals surface area contributed by atoms with E-state index in [-0.39, 0.29) is 28.4 Å². The van der Waals surface area contributed by atoms with Gasteiger partial charge in [0.1, 0.15) is 10.6 Å². The van der Waals surface area contributed by atoms with Crippen LogP contribution in [0.3, 0.4) is 0 Å². The molecular formula is C26H33N5O5S. The molecule has 0 radical (unpaired) electrons. The van der Waals surface area contributed by atoms with Gasteiger partial charge in [0, 0.05) is 37.6 Å². The zero-order valence-corrected chi connectivity index (χ0v) is 22.3. The molecule has 10 nitrogen and oxygen atoms in total. The highest BCUT2D eigenvalue weighted by atomic mass is 32.2. The van der Waals surface area contributed by atoms with Crippen LogP contribution in [0.2, 0.25) is 0 Å². The molecule has 2 saturated heterocycles. The second kappa shape index (κ2) is 10.4. The SMILES string of the molecule is COc1ccc(-c2c(C(=O)NCC3CCCO3)nn3c(C)cc(C)nc23)cc1S(=O)(=O)N1CCCCC1. The van der Waals surface area contributed by atoms with Crippen molar-refractivity contribution < 1.29 is 22.7 Å². The van der Waals surface area contributed by atoms with Crippen LogP contribution < -0.4 is 10.1 Å². The van der Waals surface area contributed by atoms with Gasteiger partial charge in [0.25, 0.3) is 5.91 Å². The summed E-state index contributed by atoms with van der Waals surface area (Å²) < 4.78 is 41.5. The lowest BCUT2D eigenvalue weighted by molar-refractivity contribution is 0.0854. The Labute approximate surface area is 217 Å². The van der Waals surface area contributed by atoms with E-state index in [1.54, 1.807) is 22.7 Å². The molecule has 0 bridgehead atoms. The second-order valence-corrected chi connectivity index (χ2v) is 11.6. The zero-order chi connectivity index (χ0) is 26.2. The van der Waals surface area contributed by atoms with Gasteiger partial charge in [-0.2, -0.15) is 9.40 Å². The van der Waals surface area contributed by atoms with Gasteiger partial charge in [-0.15, -0.1) is 0 Å². The third-order valence-electron chi connectivity index (χ3n) is 7.01. The molecular weight excluding hydrogens is 494 g/mol. The zero-order valence-electron chi connectivity index (χ0n) is 21.5. The number of amides is 1. The highest BCUT2D eigenvalue weighted by molar-refractivity contribution is 7.89. The minimum absolute atomic E-state index is 0.0196. The van der Waals surface area contributed by atoms with E-state index in [9.17, 15) is 13.2 Å². The standard InChI is InChI=1S/C26H33N5O5S/c1-17-14-18(2)31-25(28-17)23(24(29-31)26(32)27-16-20-8-7-13-36-20)19-9-10-21(35-3)22(15-19)37(33,34)30-11-5-4-6-12-30/h9-10,14-15,20H,4-8,11-13,16H2,1-3H3,(H,27,32). The van der Waals surface area contributed by atoms with Crippen molar-refractivity contribution in [3.8, 4) is 16.9 Å². The number of rotatable bonds is 7. The molecule has 1 aromatic carbocycles. The number of aryl methyl sites for hydroxylation is 2. The molecule has 1 amide bonds. The lowest BCUT2D eigenvalue weighted by Crippen LogP contribution is -2.35. The average molecular weight is 528 g/mol. The number of carbonyl (C=O) groups is 1. The number of methoxy groups -OCH3 is 1. The Kier molecular flexibility index (Phi) is 7.19. The molecule has 0 aliphatic carbocycles. The van der Waals surface area contributed by atoms with Crippen LogP contribution in [-0.4, -0.2) is 72.7 Å². The molecule has 3 aromatic rings. The molecule has 2 aliphatic heterocycles. The molecule has 1 unspecified atom stereocenters. The lowest BCUT2D eigenvalue weighted by atomic mass is 10.0. The molecule has 1 N–H and O–H groups in total. The molecule has 1 atom stereocenters. The monoisotopic (exact) mass is 527 g/mol. The van der Waals surface area contributed by atoms with Crippen molar-refractivity contribution >= 4 is 21.6 Å². The smallest absolute Gasteiger partial charge is 0.272 e. The van der Waals surface area contributed by atoms with E-state index < -0.39 is 10.0 Å². The summed E-state index contributed by atoms with van der Waals surface area (Å²) in [6.45, 7) is 5.80. The quantitative estimate of drug-likeness (QED) is 0.502. The number of sulfonamides is 1. The summed E-state index contributed by atoms with van der Waals surface area (Å²) in [5.74, 6) is -0.0974. The van der Waals surface area contributed by atoms with Gasteiger partial charge in [-0.05, 0) is 63.3 Å². The van der Waals surface area contributed by atoms with Crippen LogP contribution in [0.25, 0.3) is 16.8 Å². The molecule has 5 rings (SSSR count). The third kappa shape index (κ3) is 4.95. The number of piperidine rings is 1. The van der Waals surface area contributed by atoms with Gasteiger partial charge in [0.05, 0.1) is 18.8 Å². The molecule has 11 heteroatoms. The molecule has 2 fully saturated rings. The predicted molar refractivity (Wildman–Crippen MR) is 138 cm³/mol. The van der Waals surface area contributed by atoms with Crippen LogP contribution in [0.4, 0.5) is 0 Å². The number of fused-ring (bicyclic) bond motifs is 1.